The summed E-state index contributed by atoms with van der Waals surface area (Å²) >= 11 is 0. The van der Waals surface area contributed by atoms with Crippen LogP contribution in [0.3, 0.4) is 0 Å². The zero-order chi connectivity index (χ0) is 16.8. The van der Waals surface area contributed by atoms with Crippen molar-refractivity contribution in [1.82, 2.24) is 0 Å². The number of hydrogen-bond acceptors (Lipinski definition) is 5. The van der Waals surface area contributed by atoms with Gasteiger partial charge in [0.1, 0.15) is 28.7 Å². The second-order valence-electron chi connectivity index (χ2n) is 5.14. The highest BCUT2D eigenvalue weighted by molar-refractivity contribution is 5.51. The minimum atomic E-state index is 0.110. The summed E-state index contributed by atoms with van der Waals surface area (Å²) < 4.78 is 16.1. The Bertz CT molecular complexity index is 621. The molecule has 0 aliphatic rings. The fraction of sp³-hybridized carbons (Fsp3) is 0.333. The third-order valence-electron chi connectivity index (χ3n) is 3.80. The molecule has 0 aliphatic heterocycles. The number of methoxy groups -OCH3 is 3. The van der Waals surface area contributed by atoms with Crippen molar-refractivity contribution in [3.63, 3.8) is 0 Å². The van der Waals surface area contributed by atoms with Gasteiger partial charge in [-0.2, -0.15) is 0 Å². The van der Waals surface area contributed by atoms with E-state index in [0.717, 1.165) is 12.0 Å². The molecule has 0 fully saturated rings. The first-order valence-electron chi connectivity index (χ1n) is 7.39. The van der Waals surface area contributed by atoms with Gasteiger partial charge in [0.05, 0.1) is 21.3 Å². The van der Waals surface area contributed by atoms with Crippen molar-refractivity contribution in [1.29, 1.82) is 0 Å². The number of benzene rings is 2. The van der Waals surface area contributed by atoms with E-state index in [1.807, 2.05) is 12.1 Å². The normalized spacial score (nSPS) is 10.4. The van der Waals surface area contributed by atoms with Crippen molar-refractivity contribution in [3.8, 4) is 28.7 Å². The van der Waals surface area contributed by atoms with Crippen LogP contribution in [-0.4, -0.2) is 31.5 Å². The summed E-state index contributed by atoms with van der Waals surface area (Å²) in [4.78, 5) is 0. The van der Waals surface area contributed by atoms with E-state index < -0.39 is 0 Å². The molecule has 0 aromatic heterocycles. The molecule has 2 rings (SSSR count). The zero-order valence-corrected chi connectivity index (χ0v) is 13.6. The van der Waals surface area contributed by atoms with Crippen LogP contribution < -0.4 is 14.2 Å². The summed E-state index contributed by atoms with van der Waals surface area (Å²) in [5.74, 6) is 2.28. The molecule has 5 heteroatoms. The van der Waals surface area contributed by atoms with Crippen LogP contribution in [0.4, 0.5) is 0 Å². The Hall–Kier alpha value is -2.56. The van der Waals surface area contributed by atoms with Gasteiger partial charge in [0.15, 0.2) is 0 Å². The molecule has 2 N–H and O–H groups in total. The fourth-order valence-corrected chi connectivity index (χ4v) is 2.59. The molecular formula is C18H22O5. The van der Waals surface area contributed by atoms with E-state index in [4.69, 9.17) is 14.2 Å². The van der Waals surface area contributed by atoms with E-state index in [9.17, 15) is 10.2 Å². The Balaban J connectivity index is 2.17. The lowest BCUT2D eigenvalue weighted by molar-refractivity contribution is 0.368. The molecule has 0 heterocycles. The summed E-state index contributed by atoms with van der Waals surface area (Å²) in [6.45, 7) is 0. The van der Waals surface area contributed by atoms with Crippen molar-refractivity contribution in [2.24, 2.45) is 0 Å². The first-order chi connectivity index (χ1) is 11.1. The van der Waals surface area contributed by atoms with Crippen LogP contribution in [-0.2, 0) is 12.8 Å². The minimum absolute atomic E-state index is 0.110. The Morgan fingerprint density at radius 2 is 1.30 bits per heavy atom. The van der Waals surface area contributed by atoms with Crippen molar-refractivity contribution in [2.45, 2.75) is 19.3 Å². The topological polar surface area (TPSA) is 68.2 Å². The second-order valence-corrected chi connectivity index (χ2v) is 5.14. The quantitative estimate of drug-likeness (QED) is 0.820. The van der Waals surface area contributed by atoms with E-state index in [1.54, 1.807) is 39.5 Å². The number of phenolic OH excluding ortho intramolecular Hbond substituents is 2. The van der Waals surface area contributed by atoms with Gasteiger partial charge in [-0.3, -0.25) is 0 Å². The third kappa shape index (κ3) is 3.80. The molecule has 0 bridgehead atoms. The van der Waals surface area contributed by atoms with Gasteiger partial charge in [0.25, 0.3) is 0 Å². The van der Waals surface area contributed by atoms with Gasteiger partial charge in [-0.25, -0.2) is 0 Å². The molecule has 0 spiro atoms. The molecule has 0 saturated heterocycles. The molecule has 0 radical (unpaired) electrons. The Morgan fingerprint density at radius 3 is 1.78 bits per heavy atom. The van der Waals surface area contributed by atoms with Gasteiger partial charge in [0, 0.05) is 23.3 Å². The Kier molecular flexibility index (Phi) is 5.57. The van der Waals surface area contributed by atoms with Crippen LogP contribution in [0.5, 0.6) is 28.7 Å². The lowest BCUT2D eigenvalue weighted by Gasteiger charge is -2.15. The Labute approximate surface area is 136 Å². The standard InChI is InChI=1S/C18H22O5/c1-21-12-10-17(22-2)14(18(11-12)23-3)7-4-6-13-15(19)8-5-9-16(13)20/h5,8-11,19-20H,4,6-7H2,1-3H3. The van der Waals surface area contributed by atoms with Gasteiger partial charge in [-0.05, 0) is 31.4 Å². The maximum atomic E-state index is 9.83. The molecule has 124 valence electrons. The summed E-state index contributed by atoms with van der Waals surface area (Å²) in [6, 6.07) is 8.39. The average molecular weight is 318 g/mol. The van der Waals surface area contributed by atoms with Gasteiger partial charge < -0.3 is 24.4 Å². The maximum absolute atomic E-state index is 9.83. The fourth-order valence-electron chi connectivity index (χ4n) is 2.59. The number of ether oxygens (including phenoxy) is 3. The van der Waals surface area contributed by atoms with E-state index >= 15 is 0 Å². The largest absolute Gasteiger partial charge is 0.508 e. The van der Waals surface area contributed by atoms with Gasteiger partial charge in [0.2, 0.25) is 0 Å². The molecule has 23 heavy (non-hydrogen) atoms. The molecule has 2 aromatic rings. The van der Waals surface area contributed by atoms with Crippen LogP contribution in [0.2, 0.25) is 0 Å². The molecule has 0 amide bonds. The lowest BCUT2D eigenvalue weighted by atomic mass is 10.0. The van der Waals surface area contributed by atoms with Crippen LogP contribution >= 0.6 is 0 Å². The van der Waals surface area contributed by atoms with Crippen LogP contribution in [0.15, 0.2) is 30.3 Å². The van der Waals surface area contributed by atoms with Gasteiger partial charge >= 0.3 is 0 Å². The first kappa shape index (κ1) is 16.8. The highest BCUT2D eigenvalue weighted by atomic mass is 16.5. The monoisotopic (exact) mass is 318 g/mol. The Morgan fingerprint density at radius 1 is 0.783 bits per heavy atom. The number of hydrogen-bond donors (Lipinski definition) is 2. The predicted octanol–water partition coefficient (Wildman–Crippen LogP) is 3.30. The molecule has 0 atom stereocenters. The minimum Gasteiger partial charge on any atom is -0.508 e. The lowest BCUT2D eigenvalue weighted by Crippen LogP contribution is -2.00. The summed E-state index contributed by atoms with van der Waals surface area (Å²) in [6.07, 6.45) is 1.96. The average Bonchev–Trinajstić information content (AvgIpc) is 2.57. The van der Waals surface area contributed by atoms with Crippen molar-refractivity contribution in [2.75, 3.05) is 21.3 Å². The first-order valence-corrected chi connectivity index (χ1v) is 7.39. The van der Waals surface area contributed by atoms with Gasteiger partial charge in [-0.15, -0.1) is 0 Å². The van der Waals surface area contributed by atoms with Crippen molar-refractivity contribution < 1.29 is 24.4 Å². The molecule has 0 aliphatic carbocycles. The maximum Gasteiger partial charge on any atom is 0.129 e. The van der Waals surface area contributed by atoms with Crippen molar-refractivity contribution in [3.05, 3.63) is 41.5 Å². The second kappa shape index (κ2) is 7.63. The summed E-state index contributed by atoms with van der Waals surface area (Å²) in [5, 5.41) is 19.7. The van der Waals surface area contributed by atoms with Crippen LogP contribution in [0.1, 0.15) is 17.5 Å². The third-order valence-corrected chi connectivity index (χ3v) is 3.80. The number of rotatable bonds is 7. The molecule has 0 saturated carbocycles. The van der Waals surface area contributed by atoms with Crippen LogP contribution in [0.25, 0.3) is 0 Å². The molecule has 0 unspecified atom stereocenters. The molecule has 5 nitrogen and oxygen atoms in total. The zero-order valence-electron chi connectivity index (χ0n) is 13.6. The van der Waals surface area contributed by atoms with E-state index in [1.165, 1.54) is 0 Å². The van der Waals surface area contributed by atoms with E-state index in [-0.39, 0.29) is 11.5 Å². The SMILES string of the molecule is COc1cc(OC)c(CCCc2c(O)cccc2O)c(OC)c1. The summed E-state index contributed by atoms with van der Waals surface area (Å²) in [7, 11) is 4.80. The molecular weight excluding hydrogens is 296 g/mol. The number of aromatic hydroxyl groups is 2. The highest BCUT2D eigenvalue weighted by Gasteiger charge is 2.14. The summed E-state index contributed by atoms with van der Waals surface area (Å²) in [5.41, 5.74) is 1.49. The van der Waals surface area contributed by atoms with E-state index in [2.05, 4.69) is 0 Å². The van der Waals surface area contributed by atoms with Crippen molar-refractivity contribution >= 4 is 0 Å². The highest BCUT2D eigenvalue weighted by Crippen LogP contribution is 2.36. The van der Waals surface area contributed by atoms with Crippen LogP contribution in [0, 0.1) is 0 Å². The smallest absolute Gasteiger partial charge is 0.129 e. The van der Waals surface area contributed by atoms with Gasteiger partial charge in [-0.1, -0.05) is 6.07 Å². The molecule has 2 aromatic carbocycles. The van der Waals surface area contributed by atoms with E-state index in [0.29, 0.717) is 35.7 Å². The number of phenols is 2. The predicted molar refractivity (Wildman–Crippen MR) is 87.9 cm³/mol.